The van der Waals surface area contributed by atoms with Gasteiger partial charge in [0.05, 0.1) is 11.3 Å². The molecule has 0 amide bonds. The minimum atomic E-state index is -0.960. The van der Waals surface area contributed by atoms with Gasteiger partial charge in [0.25, 0.3) is 0 Å². The van der Waals surface area contributed by atoms with E-state index < -0.39 is 5.97 Å². The normalized spacial score (nSPS) is 10.7. The lowest BCUT2D eigenvalue weighted by Crippen LogP contribution is -1.97. The first-order chi connectivity index (χ1) is 10.1. The predicted octanol–water partition coefficient (Wildman–Crippen LogP) is 2.92. The zero-order chi connectivity index (χ0) is 14.8. The summed E-state index contributed by atoms with van der Waals surface area (Å²) in [5, 5.41) is 8.97. The predicted molar refractivity (Wildman–Crippen MR) is 77.7 cm³/mol. The molecule has 0 unspecified atom stereocenters. The summed E-state index contributed by atoms with van der Waals surface area (Å²) in [5.74, 6) is -0.170. The number of rotatable bonds is 4. The van der Waals surface area contributed by atoms with Gasteiger partial charge >= 0.3 is 5.97 Å². The van der Waals surface area contributed by atoms with Crippen LogP contribution in [0.15, 0.2) is 48.8 Å². The van der Waals surface area contributed by atoms with Crippen LogP contribution >= 0.6 is 0 Å². The highest BCUT2D eigenvalue weighted by Gasteiger charge is 2.07. The number of carboxylic acids is 1. The van der Waals surface area contributed by atoms with Crippen LogP contribution in [0.25, 0.3) is 5.65 Å². The number of hydrogen-bond acceptors (Lipinski definition) is 3. The Kier molecular flexibility index (Phi) is 3.31. The van der Waals surface area contributed by atoms with E-state index in [9.17, 15) is 4.79 Å². The molecule has 3 rings (SSSR count). The second-order valence-corrected chi connectivity index (χ2v) is 4.82. The zero-order valence-corrected chi connectivity index (χ0v) is 11.5. The van der Waals surface area contributed by atoms with Crippen molar-refractivity contribution in [2.24, 2.45) is 0 Å². The molecule has 0 fully saturated rings. The van der Waals surface area contributed by atoms with E-state index in [-0.39, 0.29) is 5.56 Å². The molecule has 0 saturated carbocycles. The summed E-state index contributed by atoms with van der Waals surface area (Å²) in [6.45, 7) is 2.35. The quantitative estimate of drug-likeness (QED) is 0.799. The highest BCUT2D eigenvalue weighted by molar-refractivity contribution is 5.88. The summed E-state index contributed by atoms with van der Waals surface area (Å²) >= 11 is 0. The highest BCUT2D eigenvalue weighted by Crippen LogP contribution is 2.15. The molecule has 0 aliphatic carbocycles. The van der Waals surface area contributed by atoms with E-state index in [1.54, 1.807) is 22.7 Å². The minimum Gasteiger partial charge on any atom is -0.487 e. The molecule has 5 heteroatoms. The Morgan fingerprint density at radius 2 is 2.19 bits per heavy atom. The van der Waals surface area contributed by atoms with Crippen LogP contribution in [-0.2, 0) is 6.61 Å². The second kappa shape index (κ2) is 5.28. The van der Waals surface area contributed by atoms with Crippen LogP contribution in [0.2, 0.25) is 0 Å². The average molecular weight is 282 g/mol. The number of fused-ring (bicyclic) bond motifs is 1. The molecule has 0 radical (unpaired) electrons. The van der Waals surface area contributed by atoms with Crippen molar-refractivity contribution in [2.75, 3.05) is 0 Å². The molecule has 0 atom stereocenters. The number of carboxylic acid groups (broad SMARTS) is 1. The van der Waals surface area contributed by atoms with Gasteiger partial charge in [0, 0.05) is 12.4 Å². The summed E-state index contributed by atoms with van der Waals surface area (Å²) in [5.41, 5.74) is 2.70. The highest BCUT2D eigenvalue weighted by atomic mass is 16.5. The number of ether oxygens (including phenoxy) is 1. The molecule has 2 heterocycles. The number of hydrogen-bond donors (Lipinski definition) is 1. The number of nitrogens with zero attached hydrogens (tertiary/aromatic N) is 2. The van der Waals surface area contributed by atoms with Crippen LogP contribution in [0.4, 0.5) is 0 Å². The van der Waals surface area contributed by atoms with Crippen LogP contribution in [0.5, 0.6) is 5.75 Å². The van der Waals surface area contributed by atoms with Gasteiger partial charge in [-0.25, -0.2) is 9.78 Å². The molecule has 3 aromatic rings. The number of aromatic carboxylic acids is 1. The molecular weight excluding hydrogens is 268 g/mol. The Bertz CT molecular complexity index is 808. The maximum Gasteiger partial charge on any atom is 0.335 e. The molecule has 1 N–H and O–H groups in total. The number of imidazole rings is 1. The fourth-order valence-corrected chi connectivity index (χ4v) is 2.10. The second-order valence-electron chi connectivity index (χ2n) is 4.82. The molecule has 21 heavy (non-hydrogen) atoms. The largest absolute Gasteiger partial charge is 0.487 e. The smallest absolute Gasteiger partial charge is 0.335 e. The van der Waals surface area contributed by atoms with Crippen molar-refractivity contribution >= 4 is 11.6 Å². The van der Waals surface area contributed by atoms with Gasteiger partial charge in [0.2, 0.25) is 0 Å². The summed E-state index contributed by atoms with van der Waals surface area (Å²) in [4.78, 5) is 15.3. The molecular formula is C16H14N2O3. The summed E-state index contributed by atoms with van der Waals surface area (Å²) in [7, 11) is 0. The third-order valence-electron chi connectivity index (χ3n) is 3.13. The first-order valence-electron chi connectivity index (χ1n) is 6.52. The van der Waals surface area contributed by atoms with Crippen molar-refractivity contribution in [1.29, 1.82) is 0 Å². The maximum atomic E-state index is 10.9. The first-order valence-corrected chi connectivity index (χ1v) is 6.52. The Morgan fingerprint density at radius 1 is 1.33 bits per heavy atom. The maximum absolute atomic E-state index is 10.9. The molecule has 106 valence electrons. The van der Waals surface area contributed by atoms with Gasteiger partial charge in [0.15, 0.2) is 0 Å². The van der Waals surface area contributed by atoms with Gasteiger partial charge in [-0.3, -0.25) is 0 Å². The molecule has 0 aliphatic heterocycles. The fraction of sp³-hybridized carbons (Fsp3) is 0.125. The SMILES string of the molecule is Cc1cccc(OCc2cn3ccc(C(=O)O)cc3n2)c1. The zero-order valence-electron chi connectivity index (χ0n) is 11.5. The Morgan fingerprint density at radius 3 is 2.95 bits per heavy atom. The molecule has 0 bridgehead atoms. The van der Waals surface area contributed by atoms with Gasteiger partial charge in [-0.1, -0.05) is 12.1 Å². The molecule has 0 spiro atoms. The topological polar surface area (TPSA) is 63.8 Å². The van der Waals surface area contributed by atoms with E-state index in [1.165, 1.54) is 0 Å². The van der Waals surface area contributed by atoms with Gasteiger partial charge in [-0.15, -0.1) is 0 Å². The summed E-state index contributed by atoms with van der Waals surface area (Å²) in [6.07, 6.45) is 3.51. The molecule has 0 aliphatic rings. The monoisotopic (exact) mass is 282 g/mol. The lowest BCUT2D eigenvalue weighted by molar-refractivity contribution is 0.0697. The van der Waals surface area contributed by atoms with E-state index >= 15 is 0 Å². The van der Waals surface area contributed by atoms with Crippen LogP contribution in [0.3, 0.4) is 0 Å². The third kappa shape index (κ3) is 2.86. The van der Waals surface area contributed by atoms with Gasteiger partial charge in [0.1, 0.15) is 18.0 Å². The van der Waals surface area contributed by atoms with E-state index in [2.05, 4.69) is 4.98 Å². The van der Waals surface area contributed by atoms with Crippen molar-refractivity contribution in [3.63, 3.8) is 0 Å². The third-order valence-corrected chi connectivity index (χ3v) is 3.13. The van der Waals surface area contributed by atoms with Crippen molar-refractivity contribution in [3.8, 4) is 5.75 Å². The van der Waals surface area contributed by atoms with Crippen molar-refractivity contribution in [1.82, 2.24) is 9.38 Å². The number of aromatic nitrogens is 2. The first kappa shape index (κ1) is 13.2. The lowest BCUT2D eigenvalue weighted by Gasteiger charge is -2.04. The average Bonchev–Trinajstić information content (AvgIpc) is 2.87. The molecule has 2 aromatic heterocycles. The molecule has 5 nitrogen and oxygen atoms in total. The Labute approximate surface area is 121 Å². The number of carbonyl (C=O) groups is 1. The van der Waals surface area contributed by atoms with E-state index in [4.69, 9.17) is 9.84 Å². The van der Waals surface area contributed by atoms with E-state index in [0.717, 1.165) is 17.0 Å². The van der Waals surface area contributed by atoms with Crippen LogP contribution in [-0.4, -0.2) is 20.5 Å². The van der Waals surface area contributed by atoms with Crippen LogP contribution in [0, 0.1) is 6.92 Å². The Hall–Kier alpha value is -2.82. The van der Waals surface area contributed by atoms with E-state index in [1.807, 2.05) is 37.4 Å². The van der Waals surface area contributed by atoms with Gasteiger partial charge < -0.3 is 14.2 Å². The number of pyridine rings is 1. The Balaban J connectivity index is 1.80. The van der Waals surface area contributed by atoms with Crippen LogP contribution in [0.1, 0.15) is 21.6 Å². The summed E-state index contributed by atoms with van der Waals surface area (Å²) < 4.78 is 7.47. The van der Waals surface area contributed by atoms with Crippen molar-refractivity contribution < 1.29 is 14.6 Å². The minimum absolute atomic E-state index is 0.222. The fourth-order valence-electron chi connectivity index (χ4n) is 2.10. The summed E-state index contributed by atoms with van der Waals surface area (Å²) in [6, 6.07) is 10.9. The lowest BCUT2D eigenvalue weighted by atomic mass is 10.2. The molecule has 0 saturated heterocycles. The van der Waals surface area contributed by atoms with Gasteiger partial charge in [-0.2, -0.15) is 0 Å². The standard InChI is InChI=1S/C16H14N2O3/c1-11-3-2-4-14(7-11)21-10-13-9-18-6-5-12(16(19)20)8-15(18)17-13/h2-9H,10H2,1H3,(H,19,20). The number of aryl methyl sites for hydroxylation is 1. The van der Waals surface area contributed by atoms with Crippen molar-refractivity contribution in [2.45, 2.75) is 13.5 Å². The van der Waals surface area contributed by atoms with E-state index in [0.29, 0.717) is 12.3 Å². The van der Waals surface area contributed by atoms with Crippen molar-refractivity contribution in [3.05, 3.63) is 65.6 Å². The van der Waals surface area contributed by atoms with Gasteiger partial charge in [-0.05, 0) is 36.8 Å². The molecule has 1 aromatic carbocycles. The number of benzene rings is 1. The van der Waals surface area contributed by atoms with Crippen LogP contribution < -0.4 is 4.74 Å².